The Morgan fingerprint density at radius 1 is 1.58 bits per heavy atom. The summed E-state index contributed by atoms with van der Waals surface area (Å²) in [5, 5.41) is 8.12. The lowest BCUT2D eigenvalue weighted by Gasteiger charge is -2.12. The summed E-state index contributed by atoms with van der Waals surface area (Å²) in [5.74, 6) is 0.464. The van der Waals surface area contributed by atoms with Gasteiger partial charge >= 0.3 is 0 Å². The Morgan fingerprint density at radius 3 is 2.89 bits per heavy atom. The normalized spacial score (nSPS) is 13.6. The molecule has 1 atom stereocenters. The Balaban J connectivity index is 2.30. The monoisotopic (exact) mass is 301 g/mol. The average Bonchev–Trinajstić information content (AvgIpc) is 2.96. The third-order valence-corrected chi connectivity index (χ3v) is 5.64. The van der Waals surface area contributed by atoms with Crippen LogP contribution >= 0.6 is 11.3 Å². The summed E-state index contributed by atoms with van der Waals surface area (Å²) in [5.41, 5.74) is 6.27. The summed E-state index contributed by atoms with van der Waals surface area (Å²) in [6.07, 6.45) is 1.33. The van der Waals surface area contributed by atoms with Crippen molar-refractivity contribution in [2.45, 2.75) is 31.3 Å². The molecule has 0 saturated heterocycles. The summed E-state index contributed by atoms with van der Waals surface area (Å²) in [7, 11) is -3.62. The number of aryl methyl sites for hydroxylation is 1. The van der Waals surface area contributed by atoms with Gasteiger partial charge in [-0.15, -0.1) is 11.3 Å². The first kappa shape index (κ1) is 14.1. The van der Waals surface area contributed by atoms with Crippen molar-refractivity contribution in [2.24, 2.45) is 5.73 Å². The third kappa shape index (κ3) is 2.84. The lowest BCUT2D eigenvalue weighted by Crippen LogP contribution is -2.28. The number of nitrogens with two attached hydrogens (primary N) is 1. The molecule has 0 aliphatic rings. The highest BCUT2D eigenvalue weighted by Crippen LogP contribution is 2.27. The molecule has 104 valence electrons. The number of sulfonamides is 1. The molecule has 9 heteroatoms. The zero-order valence-corrected chi connectivity index (χ0v) is 12.2. The van der Waals surface area contributed by atoms with Crippen LogP contribution in [-0.2, 0) is 16.6 Å². The van der Waals surface area contributed by atoms with E-state index in [-0.39, 0.29) is 11.4 Å². The molecular formula is C10H15N5O2S2. The van der Waals surface area contributed by atoms with Crippen molar-refractivity contribution in [2.75, 3.05) is 0 Å². The second-order valence-electron chi connectivity index (χ2n) is 4.09. The Hall–Kier alpha value is -1.29. The first-order valence-corrected chi connectivity index (χ1v) is 7.96. The third-order valence-electron chi connectivity index (χ3n) is 2.62. The van der Waals surface area contributed by atoms with E-state index in [0.29, 0.717) is 16.3 Å². The van der Waals surface area contributed by atoms with E-state index >= 15 is 0 Å². The van der Waals surface area contributed by atoms with E-state index in [1.165, 1.54) is 17.7 Å². The lowest BCUT2D eigenvalue weighted by molar-refractivity contribution is 0.559. The number of aromatic nitrogens is 3. The molecule has 1 unspecified atom stereocenters. The van der Waals surface area contributed by atoms with Crippen molar-refractivity contribution in [3.8, 4) is 0 Å². The van der Waals surface area contributed by atoms with Gasteiger partial charge in [0, 0.05) is 11.4 Å². The van der Waals surface area contributed by atoms with Gasteiger partial charge in [-0.05, 0) is 24.8 Å². The van der Waals surface area contributed by atoms with Gasteiger partial charge in [0.1, 0.15) is 17.0 Å². The second kappa shape index (κ2) is 5.37. The molecule has 2 rings (SSSR count). The minimum absolute atomic E-state index is 0.200. The molecule has 0 aliphatic carbocycles. The molecule has 19 heavy (non-hydrogen) atoms. The van der Waals surface area contributed by atoms with Crippen LogP contribution in [0.25, 0.3) is 0 Å². The number of nitrogens with one attached hydrogen (secondary N) is 2. The number of hydrogen-bond donors (Lipinski definition) is 3. The predicted molar refractivity (Wildman–Crippen MR) is 72.1 cm³/mol. The molecule has 0 amide bonds. The molecule has 0 saturated carbocycles. The summed E-state index contributed by atoms with van der Waals surface area (Å²) in [6.45, 7) is 3.65. The molecule has 7 nitrogen and oxygen atoms in total. The van der Waals surface area contributed by atoms with E-state index < -0.39 is 16.1 Å². The molecule has 2 aromatic rings. The molecule has 2 heterocycles. The molecule has 0 aliphatic heterocycles. The minimum Gasteiger partial charge on any atom is -0.326 e. The van der Waals surface area contributed by atoms with Gasteiger partial charge in [0.05, 0.1) is 6.04 Å². The van der Waals surface area contributed by atoms with Crippen molar-refractivity contribution in [1.29, 1.82) is 0 Å². The van der Waals surface area contributed by atoms with Crippen LogP contribution in [0.15, 0.2) is 16.6 Å². The van der Waals surface area contributed by atoms with Crippen molar-refractivity contribution in [3.05, 3.63) is 28.0 Å². The van der Waals surface area contributed by atoms with E-state index in [9.17, 15) is 8.42 Å². The highest BCUT2D eigenvalue weighted by Gasteiger charge is 2.25. The van der Waals surface area contributed by atoms with Gasteiger partial charge in [-0.25, -0.2) is 18.1 Å². The van der Waals surface area contributed by atoms with Gasteiger partial charge in [0.2, 0.25) is 10.0 Å². The maximum absolute atomic E-state index is 12.4. The van der Waals surface area contributed by atoms with E-state index in [1.807, 2.05) is 0 Å². The van der Waals surface area contributed by atoms with Crippen LogP contribution in [0.5, 0.6) is 0 Å². The number of hydrogen-bond acceptors (Lipinski definition) is 6. The maximum Gasteiger partial charge on any atom is 0.242 e. The highest BCUT2D eigenvalue weighted by atomic mass is 32.2. The fraction of sp³-hybridized carbons (Fsp3) is 0.400. The molecule has 0 radical (unpaired) electrons. The predicted octanol–water partition coefficient (Wildman–Crippen LogP) is 0.673. The summed E-state index contributed by atoms with van der Waals surface area (Å²) < 4.78 is 27.3. The van der Waals surface area contributed by atoms with Gasteiger partial charge in [-0.2, -0.15) is 5.10 Å². The zero-order valence-electron chi connectivity index (χ0n) is 10.5. The van der Waals surface area contributed by atoms with E-state index in [4.69, 9.17) is 5.73 Å². The van der Waals surface area contributed by atoms with Crippen molar-refractivity contribution < 1.29 is 8.42 Å². The quantitative estimate of drug-likeness (QED) is 0.751. The molecule has 0 bridgehead atoms. The second-order valence-corrected chi connectivity index (χ2v) is 6.70. The number of thiophene rings is 1. The van der Waals surface area contributed by atoms with Gasteiger partial charge < -0.3 is 5.73 Å². The largest absolute Gasteiger partial charge is 0.326 e. The van der Waals surface area contributed by atoms with Crippen LogP contribution in [0.4, 0.5) is 0 Å². The summed E-state index contributed by atoms with van der Waals surface area (Å²) >= 11 is 1.35. The molecule has 0 aromatic carbocycles. The molecular weight excluding hydrogens is 286 g/mol. The Labute approximate surface area is 115 Å². The number of aromatic amines is 1. The first-order valence-electron chi connectivity index (χ1n) is 5.60. The highest BCUT2D eigenvalue weighted by molar-refractivity contribution is 7.89. The van der Waals surface area contributed by atoms with Crippen LogP contribution < -0.4 is 10.5 Å². The number of nitrogens with zero attached hydrogens (tertiary/aromatic N) is 2. The van der Waals surface area contributed by atoms with E-state index in [1.54, 1.807) is 19.2 Å². The Kier molecular flexibility index (Phi) is 3.99. The van der Waals surface area contributed by atoms with Crippen molar-refractivity contribution in [3.63, 3.8) is 0 Å². The van der Waals surface area contributed by atoms with Gasteiger partial charge in [0.25, 0.3) is 0 Å². The van der Waals surface area contributed by atoms with Gasteiger partial charge in [-0.3, -0.25) is 5.10 Å². The smallest absolute Gasteiger partial charge is 0.242 e. The molecule has 2 aromatic heterocycles. The fourth-order valence-electron chi connectivity index (χ4n) is 1.76. The number of rotatable bonds is 5. The van der Waals surface area contributed by atoms with Crippen LogP contribution in [0.2, 0.25) is 0 Å². The van der Waals surface area contributed by atoms with E-state index in [2.05, 4.69) is 19.9 Å². The minimum atomic E-state index is -3.62. The maximum atomic E-state index is 12.4. The average molecular weight is 301 g/mol. The van der Waals surface area contributed by atoms with Crippen LogP contribution in [0, 0.1) is 6.92 Å². The fourth-order valence-corrected chi connectivity index (χ4v) is 4.67. The van der Waals surface area contributed by atoms with Crippen LogP contribution in [-0.4, -0.2) is 23.6 Å². The van der Waals surface area contributed by atoms with Gasteiger partial charge in [-0.1, -0.05) is 0 Å². The Bertz CT molecular complexity index is 648. The molecule has 4 N–H and O–H groups in total. The molecule has 0 fully saturated rings. The molecule has 0 spiro atoms. The number of H-pyrrole nitrogens is 1. The lowest BCUT2D eigenvalue weighted by atomic mass is 10.3. The van der Waals surface area contributed by atoms with Crippen LogP contribution in [0.1, 0.15) is 29.2 Å². The van der Waals surface area contributed by atoms with Crippen molar-refractivity contribution >= 4 is 21.4 Å². The first-order chi connectivity index (χ1) is 8.95. The Morgan fingerprint density at radius 2 is 2.32 bits per heavy atom. The topological polar surface area (TPSA) is 114 Å². The standard InChI is InChI=1S/C10H15N5O2S2/c1-6-4-18-8(3-11)9(6)19(16,17)15-7(2)10-12-5-13-14-10/h4-5,7,15H,3,11H2,1-2H3,(H,12,13,14). The zero-order chi connectivity index (χ0) is 14.0. The van der Waals surface area contributed by atoms with Gasteiger partial charge in [0.15, 0.2) is 0 Å². The summed E-state index contributed by atoms with van der Waals surface area (Å²) in [4.78, 5) is 4.85. The SMILES string of the molecule is Cc1csc(CN)c1S(=O)(=O)NC(C)c1ncn[nH]1. The van der Waals surface area contributed by atoms with Crippen molar-refractivity contribution in [1.82, 2.24) is 19.9 Å². The van der Waals surface area contributed by atoms with Crippen LogP contribution in [0.3, 0.4) is 0 Å². The van der Waals surface area contributed by atoms with E-state index in [0.717, 1.165) is 0 Å². The summed E-state index contributed by atoms with van der Waals surface area (Å²) in [6, 6.07) is -0.488.